The molecule has 5 nitrogen and oxygen atoms in total. The summed E-state index contributed by atoms with van der Waals surface area (Å²) in [6, 6.07) is 6.49. The molecule has 1 aromatic rings. The number of hydrogen-bond donors (Lipinski definition) is 2. The van der Waals surface area contributed by atoms with Crippen molar-refractivity contribution in [2.75, 3.05) is 13.1 Å². The molecule has 0 bridgehead atoms. The molecule has 3 amide bonds. The first kappa shape index (κ1) is 19.2. The molecule has 1 aliphatic heterocycles. The molecular formula is C19H28FN3O2. The van der Waals surface area contributed by atoms with Crippen LogP contribution >= 0.6 is 0 Å². The Balaban J connectivity index is 1.88. The zero-order chi connectivity index (χ0) is 18.4. The predicted octanol–water partition coefficient (Wildman–Crippen LogP) is 2.70. The summed E-state index contributed by atoms with van der Waals surface area (Å²) in [4.78, 5) is 25.5. The average molecular weight is 349 g/mol. The number of halogens is 1. The highest BCUT2D eigenvalue weighted by Crippen LogP contribution is 2.14. The monoisotopic (exact) mass is 349 g/mol. The van der Waals surface area contributed by atoms with E-state index in [1.54, 1.807) is 17.0 Å². The van der Waals surface area contributed by atoms with Crippen LogP contribution in [-0.2, 0) is 11.2 Å². The Labute approximate surface area is 149 Å². The van der Waals surface area contributed by atoms with Crippen molar-refractivity contribution in [2.45, 2.75) is 52.1 Å². The standard InChI is InChI=1S/C19H28FN3O2/c1-13(2)18(12-15-4-6-16(20)7-5-15)22-19(25)23-10-8-17(9-11-23)21-14(3)24/h4-7,13,17-18H,8-12H2,1-3H3,(H,21,24)(H,22,25). The van der Waals surface area contributed by atoms with Crippen molar-refractivity contribution in [3.63, 3.8) is 0 Å². The molecule has 2 N–H and O–H groups in total. The van der Waals surface area contributed by atoms with Crippen LogP contribution < -0.4 is 10.6 Å². The van der Waals surface area contributed by atoms with Gasteiger partial charge in [0.25, 0.3) is 0 Å². The van der Waals surface area contributed by atoms with Crippen molar-refractivity contribution in [2.24, 2.45) is 5.92 Å². The minimum absolute atomic E-state index is 0.00831. The summed E-state index contributed by atoms with van der Waals surface area (Å²) in [5.74, 6) is -0.0103. The zero-order valence-corrected chi connectivity index (χ0v) is 15.2. The molecule has 138 valence electrons. The van der Waals surface area contributed by atoms with Gasteiger partial charge in [0.05, 0.1) is 0 Å². The highest BCUT2D eigenvalue weighted by atomic mass is 19.1. The molecule has 0 aliphatic carbocycles. The predicted molar refractivity (Wildman–Crippen MR) is 95.7 cm³/mol. The van der Waals surface area contributed by atoms with Gasteiger partial charge < -0.3 is 15.5 Å². The van der Waals surface area contributed by atoms with E-state index in [-0.39, 0.29) is 35.8 Å². The lowest BCUT2D eigenvalue weighted by Gasteiger charge is -2.34. The maximum atomic E-state index is 13.0. The van der Waals surface area contributed by atoms with E-state index in [4.69, 9.17) is 0 Å². The first-order chi connectivity index (χ1) is 11.8. The van der Waals surface area contributed by atoms with Crippen molar-refractivity contribution >= 4 is 11.9 Å². The first-order valence-corrected chi connectivity index (χ1v) is 8.92. The number of nitrogens with zero attached hydrogens (tertiary/aromatic N) is 1. The maximum Gasteiger partial charge on any atom is 0.317 e. The smallest absolute Gasteiger partial charge is 0.317 e. The van der Waals surface area contributed by atoms with Gasteiger partial charge >= 0.3 is 6.03 Å². The fourth-order valence-corrected chi connectivity index (χ4v) is 3.09. The third-order valence-corrected chi connectivity index (χ3v) is 4.67. The summed E-state index contributed by atoms with van der Waals surface area (Å²) in [5.41, 5.74) is 1.00. The summed E-state index contributed by atoms with van der Waals surface area (Å²) < 4.78 is 13.0. The Bertz CT molecular complexity index is 581. The van der Waals surface area contributed by atoms with Gasteiger partial charge in [0, 0.05) is 32.1 Å². The highest BCUT2D eigenvalue weighted by Gasteiger charge is 2.25. The third kappa shape index (κ3) is 6.03. The number of benzene rings is 1. The lowest BCUT2D eigenvalue weighted by atomic mass is 9.96. The fourth-order valence-electron chi connectivity index (χ4n) is 3.09. The van der Waals surface area contributed by atoms with Crippen molar-refractivity contribution in [1.82, 2.24) is 15.5 Å². The molecule has 0 radical (unpaired) electrons. The molecule has 0 spiro atoms. The van der Waals surface area contributed by atoms with Gasteiger partial charge in [-0.2, -0.15) is 0 Å². The fraction of sp³-hybridized carbons (Fsp3) is 0.579. The van der Waals surface area contributed by atoms with Crippen LogP contribution in [0.25, 0.3) is 0 Å². The van der Waals surface area contributed by atoms with Crippen LogP contribution in [0.2, 0.25) is 0 Å². The third-order valence-electron chi connectivity index (χ3n) is 4.67. The van der Waals surface area contributed by atoms with E-state index in [9.17, 15) is 14.0 Å². The molecule has 1 saturated heterocycles. The molecule has 2 rings (SSSR count). The maximum absolute atomic E-state index is 13.0. The number of piperidine rings is 1. The molecule has 0 saturated carbocycles. The van der Waals surface area contributed by atoms with Crippen molar-refractivity contribution in [1.29, 1.82) is 0 Å². The van der Waals surface area contributed by atoms with Gasteiger partial charge in [0.2, 0.25) is 5.91 Å². The van der Waals surface area contributed by atoms with Crippen LogP contribution in [0.5, 0.6) is 0 Å². The van der Waals surface area contributed by atoms with E-state index in [0.717, 1.165) is 18.4 Å². The summed E-state index contributed by atoms with van der Waals surface area (Å²) in [5, 5.41) is 6.02. The zero-order valence-electron chi connectivity index (χ0n) is 15.2. The molecule has 0 aromatic heterocycles. The molecule has 1 unspecified atom stereocenters. The number of nitrogens with one attached hydrogen (secondary N) is 2. The second-order valence-corrected chi connectivity index (χ2v) is 7.09. The van der Waals surface area contributed by atoms with Gasteiger partial charge in [-0.15, -0.1) is 0 Å². The van der Waals surface area contributed by atoms with Gasteiger partial charge in [-0.3, -0.25) is 4.79 Å². The molecule has 1 fully saturated rings. The van der Waals surface area contributed by atoms with E-state index in [1.165, 1.54) is 19.1 Å². The quantitative estimate of drug-likeness (QED) is 0.859. The molecule has 25 heavy (non-hydrogen) atoms. The minimum atomic E-state index is -0.254. The van der Waals surface area contributed by atoms with Crippen LogP contribution in [-0.4, -0.2) is 42.0 Å². The number of carbonyl (C=O) groups excluding carboxylic acids is 2. The summed E-state index contributed by atoms with van der Waals surface area (Å²) >= 11 is 0. The summed E-state index contributed by atoms with van der Waals surface area (Å²) in [6.45, 7) is 6.92. The number of likely N-dealkylation sites (tertiary alicyclic amines) is 1. The highest BCUT2D eigenvalue weighted by molar-refractivity contribution is 5.75. The SMILES string of the molecule is CC(=O)NC1CCN(C(=O)NC(Cc2ccc(F)cc2)C(C)C)CC1. The normalized spacial score (nSPS) is 16.6. The second-order valence-electron chi connectivity index (χ2n) is 7.09. The van der Waals surface area contributed by atoms with Gasteiger partial charge in [0.1, 0.15) is 5.82 Å². The largest absolute Gasteiger partial charge is 0.353 e. The van der Waals surface area contributed by atoms with Crippen molar-refractivity contribution < 1.29 is 14.0 Å². The molecule has 6 heteroatoms. The Morgan fingerprint density at radius 2 is 1.80 bits per heavy atom. The lowest BCUT2D eigenvalue weighted by Crippen LogP contribution is -2.52. The molecular weight excluding hydrogens is 321 g/mol. The van der Waals surface area contributed by atoms with Crippen LogP contribution in [0.3, 0.4) is 0 Å². The molecule has 1 atom stereocenters. The molecule has 1 aromatic carbocycles. The van der Waals surface area contributed by atoms with E-state index in [0.29, 0.717) is 19.5 Å². The first-order valence-electron chi connectivity index (χ1n) is 8.92. The second kappa shape index (κ2) is 8.83. The van der Waals surface area contributed by atoms with Crippen LogP contribution in [0, 0.1) is 11.7 Å². The van der Waals surface area contributed by atoms with Crippen LogP contribution in [0.1, 0.15) is 39.2 Å². The summed E-state index contributed by atoms with van der Waals surface area (Å²) in [7, 11) is 0. The van der Waals surface area contributed by atoms with Gasteiger partial charge in [-0.25, -0.2) is 9.18 Å². The van der Waals surface area contributed by atoms with Crippen molar-refractivity contribution in [3.05, 3.63) is 35.6 Å². The Morgan fingerprint density at radius 3 is 2.32 bits per heavy atom. The number of carbonyl (C=O) groups is 2. The topological polar surface area (TPSA) is 61.4 Å². The number of amides is 3. The molecule has 1 aliphatic rings. The van der Waals surface area contributed by atoms with Crippen LogP contribution in [0.15, 0.2) is 24.3 Å². The van der Waals surface area contributed by atoms with E-state index in [2.05, 4.69) is 24.5 Å². The number of hydrogen-bond acceptors (Lipinski definition) is 2. The Morgan fingerprint density at radius 1 is 1.20 bits per heavy atom. The van der Waals surface area contributed by atoms with E-state index in [1.807, 2.05) is 0 Å². The lowest BCUT2D eigenvalue weighted by molar-refractivity contribution is -0.119. The van der Waals surface area contributed by atoms with E-state index < -0.39 is 0 Å². The summed E-state index contributed by atoms with van der Waals surface area (Å²) in [6.07, 6.45) is 2.22. The Hall–Kier alpha value is -2.11. The average Bonchev–Trinajstić information content (AvgIpc) is 2.56. The van der Waals surface area contributed by atoms with Crippen molar-refractivity contribution in [3.8, 4) is 0 Å². The Kier molecular flexibility index (Phi) is 6.79. The van der Waals surface area contributed by atoms with E-state index >= 15 is 0 Å². The van der Waals surface area contributed by atoms with Gasteiger partial charge in [0.15, 0.2) is 0 Å². The van der Waals surface area contributed by atoms with Crippen LogP contribution in [0.4, 0.5) is 9.18 Å². The molecule has 1 heterocycles. The van der Waals surface area contributed by atoms with Gasteiger partial charge in [-0.05, 0) is 42.9 Å². The van der Waals surface area contributed by atoms with Gasteiger partial charge in [-0.1, -0.05) is 26.0 Å². The minimum Gasteiger partial charge on any atom is -0.353 e. The number of urea groups is 1. The number of rotatable bonds is 5.